The molecule has 2 rings (SSSR count). The smallest absolute Gasteiger partial charge is 0.251 e. The minimum absolute atomic E-state index is 0.0466. The van der Waals surface area contributed by atoms with Gasteiger partial charge in [0.25, 0.3) is 5.91 Å². The number of rotatable bonds is 11. The van der Waals surface area contributed by atoms with E-state index in [0.717, 1.165) is 0 Å². The van der Waals surface area contributed by atoms with E-state index in [-0.39, 0.29) is 29.7 Å². The van der Waals surface area contributed by atoms with Crippen LogP contribution in [-0.2, 0) is 14.8 Å². The van der Waals surface area contributed by atoms with Gasteiger partial charge in [0, 0.05) is 36.8 Å². The zero-order valence-electron chi connectivity index (χ0n) is 17.7. The van der Waals surface area contributed by atoms with Crippen molar-refractivity contribution >= 4 is 27.5 Å². The Hall–Kier alpha value is -3.11. The summed E-state index contributed by atoms with van der Waals surface area (Å²) < 4.78 is 36.9. The zero-order valence-corrected chi connectivity index (χ0v) is 18.5. The Morgan fingerprint density at radius 1 is 0.935 bits per heavy atom. The number of hydrogen-bond donors (Lipinski definition) is 3. The third-order valence-electron chi connectivity index (χ3n) is 4.24. The second-order valence-electron chi connectivity index (χ2n) is 6.58. The fourth-order valence-corrected chi connectivity index (χ4v) is 3.72. The molecule has 0 saturated carbocycles. The highest BCUT2D eigenvalue weighted by atomic mass is 32.2. The molecule has 0 aliphatic carbocycles. The summed E-state index contributed by atoms with van der Waals surface area (Å²) in [6, 6.07) is 10.7. The van der Waals surface area contributed by atoms with Gasteiger partial charge in [0.2, 0.25) is 15.9 Å². The highest BCUT2D eigenvalue weighted by Gasteiger charge is 2.13. The number of anilines is 1. The van der Waals surface area contributed by atoms with E-state index < -0.39 is 10.0 Å². The van der Waals surface area contributed by atoms with Gasteiger partial charge in [0.15, 0.2) is 0 Å². The van der Waals surface area contributed by atoms with E-state index in [1.807, 2.05) is 6.92 Å². The molecule has 0 unspecified atom stereocenters. The predicted molar refractivity (Wildman–Crippen MR) is 117 cm³/mol. The van der Waals surface area contributed by atoms with E-state index in [1.165, 1.54) is 38.5 Å². The fourth-order valence-electron chi connectivity index (χ4n) is 2.59. The molecule has 0 atom stereocenters. The monoisotopic (exact) mass is 449 g/mol. The van der Waals surface area contributed by atoms with Crippen LogP contribution in [0.3, 0.4) is 0 Å². The number of benzene rings is 2. The molecule has 0 radical (unpaired) electrons. The van der Waals surface area contributed by atoms with Crippen molar-refractivity contribution in [3.8, 4) is 11.5 Å². The third-order valence-corrected chi connectivity index (χ3v) is 5.72. The van der Waals surface area contributed by atoms with Gasteiger partial charge >= 0.3 is 0 Å². The summed E-state index contributed by atoms with van der Waals surface area (Å²) in [5, 5.41) is 5.34. The first-order valence-electron chi connectivity index (χ1n) is 9.70. The Labute approximate surface area is 182 Å². The lowest BCUT2D eigenvalue weighted by atomic mass is 10.2. The van der Waals surface area contributed by atoms with Gasteiger partial charge in [-0.25, -0.2) is 13.1 Å². The number of carbonyl (C=O) groups is 2. The van der Waals surface area contributed by atoms with Crippen LogP contribution in [0.15, 0.2) is 47.4 Å². The number of amides is 2. The van der Waals surface area contributed by atoms with E-state index >= 15 is 0 Å². The molecular formula is C21H27N3O6S. The Morgan fingerprint density at radius 2 is 1.55 bits per heavy atom. The minimum atomic E-state index is -3.56. The van der Waals surface area contributed by atoms with Gasteiger partial charge in [0.1, 0.15) is 11.5 Å². The quantitative estimate of drug-likeness (QED) is 0.483. The lowest BCUT2D eigenvalue weighted by Gasteiger charge is -2.10. The van der Waals surface area contributed by atoms with Gasteiger partial charge in [-0.1, -0.05) is 6.92 Å². The lowest BCUT2D eigenvalue weighted by molar-refractivity contribution is -0.116. The molecule has 2 aromatic rings. The van der Waals surface area contributed by atoms with Crippen LogP contribution in [0, 0.1) is 0 Å². The number of nitrogens with one attached hydrogen (secondary N) is 3. The van der Waals surface area contributed by atoms with Crippen molar-refractivity contribution in [1.82, 2.24) is 10.0 Å². The van der Waals surface area contributed by atoms with Gasteiger partial charge in [-0.2, -0.15) is 0 Å². The maximum Gasteiger partial charge on any atom is 0.251 e. The molecule has 0 aromatic heterocycles. The van der Waals surface area contributed by atoms with Crippen LogP contribution in [0.1, 0.15) is 30.1 Å². The Morgan fingerprint density at radius 3 is 2.10 bits per heavy atom. The second kappa shape index (κ2) is 11.3. The first-order chi connectivity index (χ1) is 14.8. The van der Waals surface area contributed by atoms with Gasteiger partial charge in [-0.15, -0.1) is 0 Å². The summed E-state index contributed by atoms with van der Waals surface area (Å²) in [7, 11) is -0.575. The average Bonchev–Trinajstić information content (AvgIpc) is 2.77. The van der Waals surface area contributed by atoms with Crippen LogP contribution in [0.2, 0.25) is 0 Å². The van der Waals surface area contributed by atoms with E-state index in [0.29, 0.717) is 35.7 Å². The van der Waals surface area contributed by atoms with Gasteiger partial charge in [0.05, 0.1) is 19.1 Å². The summed E-state index contributed by atoms with van der Waals surface area (Å²) >= 11 is 0. The standard InChI is InChI=1S/C21H27N3O6S/c1-4-10-23-31(27,28)19-7-5-16(6-8-19)24-20(25)9-11-22-21(26)15-12-17(29-2)14-18(13-15)30-3/h5-8,12-14,23H,4,9-11H2,1-3H3,(H,22,26)(H,24,25). The molecule has 0 bridgehead atoms. The van der Waals surface area contributed by atoms with E-state index in [9.17, 15) is 18.0 Å². The zero-order chi connectivity index (χ0) is 22.9. The van der Waals surface area contributed by atoms with Gasteiger partial charge in [-0.3, -0.25) is 9.59 Å². The molecule has 0 fully saturated rings. The van der Waals surface area contributed by atoms with Crippen LogP contribution in [0.4, 0.5) is 5.69 Å². The molecule has 3 N–H and O–H groups in total. The molecule has 2 aromatic carbocycles. The average molecular weight is 450 g/mol. The first kappa shape index (κ1) is 24.2. The molecule has 0 saturated heterocycles. The molecule has 10 heteroatoms. The molecular weight excluding hydrogens is 422 g/mol. The third kappa shape index (κ3) is 7.26. The molecule has 0 aliphatic rings. The van der Waals surface area contributed by atoms with Crippen LogP contribution in [0.25, 0.3) is 0 Å². The second-order valence-corrected chi connectivity index (χ2v) is 8.34. The summed E-state index contributed by atoms with van der Waals surface area (Å²) in [5.41, 5.74) is 0.813. The molecule has 9 nitrogen and oxygen atoms in total. The highest BCUT2D eigenvalue weighted by molar-refractivity contribution is 7.89. The fraction of sp³-hybridized carbons (Fsp3) is 0.333. The number of methoxy groups -OCH3 is 2. The minimum Gasteiger partial charge on any atom is -0.497 e. The molecule has 168 valence electrons. The van der Waals surface area contributed by atoms with Crippen molar-refractivity contribution in [2.75, 3.05) is 32.6 Å². The SMILES string of the molecule is CCCNS(=O)(=O)c1ccc(NC(=O)CCNC(=O)c2cc(OC)cc(OC)c2)cc1. The van der Waals surface area contributed by atoms with E-state index in [4.69, 9.17) is 9.47 Å². The van der Waals surface area contributed by atoms with Crippen molar-refractivity contribution in [3.05, 3.63) is 48.0 Å². The highest BCUT2D eigenvalue weighted by Crippen LogP contribution is 2.22. The molecule has 0 heterocycles. The van der Waals surface area contributed by atoms with Crippen molar-refractivity contribution < 1.29 is 27.5 Å². The maximum absolute atomic E-state index is 12.3. The Balaban J connectivity index is 1.86. The van der Waals surface area contributed by atoms with Gasteiger partial charge < -0.3 is 20.1 Å². The number of sulfonamides is 1. The number of hydrogen-bond acceptors (Lipinski definition) is 6. The maximum atomic E-state index is 12.3. The molecule has 31 heavy (non-hydrogen) atoms. The molecule has 0 aliphatic heterocycles. The molecule has 2 amide bonds. The summed E-state index contributed by atoms with van der Waals surface area (Å²) in [4.78, 5) is 24.6. The topological polar surface area (TPSA) is 123 Å². The predicted octanol–water partition coefficient (Wildman–Crippen LogP) is 2.15. The van der Waals surface area contributed by atoms with Gasteiger partial charge in [-0.05, 0) is 42.8 Å². The normalized spacial score (nSPS) is 10.9. The van der Waals surface area contributed by atoms with E-state index in [1.54, 1.807) is 18.2 Å². The first-order valence-corrected chi connectivity index (χ1v) is 11.2. The van der Waals surface area contributed by atoms with Crippen LogP contribution in [-0.4, -0.2) is 47.5 Å². The number of carbonyl (C=O) groups excluding carboxylic acids is 2. The van der Waals surface area contributed by atoms with Crippen molar-refractivity contribution in [1.29, 1.82) is 0 Å². The van der Waals surface area contributed by atoms with Crippen molar-refractivity contribution in [2.45, 2.75) is 24.7 Å². The largest absolute Gasteiger partial charge is 0.497 e. The molecule has 0 spiro atoms. The van der Waals surface area contributed by atoms with Crippen LogP contribution < -0.4 is 24.8 Å². The van der Waals surface area contributed by atoms with E-state index in [2.05, 4.69) is 15.4 Å². The van der Waals surface area contributed by atoms with Crippen molar-refractivity contribution in [3.63, 3.8) is 0 Å². The number of ether oxygens (including phenoxy) is 2. The summed E-state index contributed by atoms with van der Waals surface area (Å²) in [6.07, 6.45) is 0.736. The lowest BCUT2D eigenvalue weighted by Crippen LogP contribution is -2.27. The Kier molecular flexibility index (Phi) is 8.83. The van der Waals surface area contributed by atoms with Crippen molar-refractivity contribution in [2.24, 2.45) is 0 Å². The van der Waals surface area contributed by atoms with Crippen LogP contribution >= 0.6 is 0 Å². The van der Waals surface area contributed by atoms with Crippen LogP contribution in [0.5, 0.6) is 11.5 Å². The summed E-state index contributed by atoms with van der Waals surface area (Å²) in [6.45, 7) is 2.35. The Bertz CT molecular complexity index is 984. The summed E-state index contributed by atoms with van der Waals surface area (Å²) in [5.74, 6) is 0.289.